The summed E-state index contributed by atoms with van der Waals surface area (Å²) in [5.74, 6) is 0.994. The maximum Gasteiger partial charge on any atom is 0.128 e. The zero-order valence-corrected chi connectivity index (χ0v) is 11.6. The van der Waals surface area contributed by atoms with Gasteiger partial charge in [-0.25, -0.2) is 4.98 Å². The molecule has 0 N–H and O–H groups in total. The van der Waals surface area contributed by atoms with Crippen LogP contribution in [0.1, 0.15) is 19.0 Å². The molecule has 0 saturated carbocycles. The van der Waals surface area contributed by atoms with Gasteiger partial charge in [0.05, 0.1) is 5.69 Å². The number of nitrogens with zero attached hydrogens (tertiary/aromatic N) is 2. The van der Waals surface area contributed by atoms with Crippen molar-refractivity contribution in [3.63, 3.8) is 0 Å². The first kappa shape index (κ1) is 12.8. The van der Waals surface area contributed by atoms with Gasteiger partial charge in [0.1, 0.15) is 5.82 Å². The van der Waals surface area contributed by atoms with Crippen molar-refractivity contribution in [1.29, 1.82) is 0 Å². The molecule has 0 aromatic carbocycles. The molecule has 0 aliphatic rings. The highest BCUT2D eigenvalue weighted by Crippen LogP contribution is 2.18. The molecule has 0 saturated heterocycles. The molecule has 1 heterocycles. The van der Waals surface area contributed by atoms with Gasteiger partial charge in [-0.15, -0.1) is 11.6 Å². The summed E-state index contributed by atoms with van der Waals surface area (Å²) in [7, 11) is 2.04. The van der Waals surface area contributed by atoms with Crippen LogP contribution >= 0.6 is 27.5 Å². The number of aromatic nitrogens is 1. The third-order valence-corrected chi connectivity index (χ3v) is 3.32. The van der Waals surface area contributed by atoms with Gasteiger partial charge in [0.2, 0.25) is 0 Å². The van der Waals surface area contributed by atoms with E-state index in [0.29, 0.717) is 0 Å². The molecule has 0 aliphatic heterocycles. The number of hydrogen-bond donors (Lipinski definition) is 0. The molecule has 1 unspecified atom stereocenters. The lowest BCUT2D eigenvalue weighted by Gasteiger charge is -2.19. The van der Waals surface area contributed by atoms with Crippen molar-refractivity contribution in [2.45, 2.75) is 25.6 Å². The van der Waals surface area contributed by atoms with E-state index in [1.807, 2.05) is 33.0 Å². The van der Waals surface area contributed by atoms with E-state index < -0.39 is 0 Å². The number of anilines is 1. The number of halogens is 2. The minimum atomic E-state index is 0.212. The SMILES string of the molecule is Cc1nc(N(C)CCC(C)Cl)ccc1Br. The minimum absolute atomic E-state index is 0.212. The summed E-state index contributed by atoms with van der Waals surface area (Å²) in [6, 6.07) is 4.04. The van der Waals surface area contributed by atoms with Crippen LogP contribution in [-0.2, 0) is 0 Å². The summed E-state index contributed by atoms with van der Waals surface area (Å²) >= 11 is 9.35. The summed E-state index contributed by atoms with van der Waals surface area (Å²) in [5.41, 5.74) is 1.01. The molecule has 0 aliphatic carbocycles. The topological polar surface area (TPSA) is 16.1 Å². The molecule has 2 nitrogen and oxygen atoms in total. The molecule has 4 heteroatoms. The van der Waals surface area contributed by atoms with E-state index in [9.17, 15) is 0 Å². The Morgan fingerprint density at radius 3 is 2.73 bits per heavy atom. The Balaban J connectivity index is 2.65. The monoisotopic (exact) mass is 290 g/mol. The first-order valence-corrected chi connectivity index (χ1v) is 6.22. The fourth-order valence-corrected chi connectivity index (χ4v) is 1.55. The Labute approximate surface area is 105 Å². The normalized spacial score (nSPS) is 12.6. The Bertz CT molecular complexity index is 328. The van der Waals surface area contributed by atoms with E-state index >= 15 is 0 Å². The maximum absolute atomic E-state index is 5.91. The number of aryl methyl sites for hydroxylation is 1. The van der Waals surface area contributed by atoms with Crippen LogP contribution < -0.4 is 4.90 Å². The zero-order valence-electron chi connectivity index (χ0n) is 9.30. The predicted molar refractivity (Wildman–Crippen MR) is 69.9 cm³/mol. The van der Waals surface area contributed by atoms with Crippen molar-refractivity contribution in [2.75, 3.05) is 18.5 Å². The van der Waals surface area contributed by atoms with Crippen molar-refractivity contribution in [1.82, 2.24) is 4.98 Å². The molecule has 0 bridgehead atoms. The van der Waals surface area contributed by atoms with Gasteiger partial charge >= 0.3 is 0 Å². The Kier molecular flexibility index (Phi) is 4.87. The fourth-order valence-electron chi connectivity index (χ4n) is 1.23. The van der Waals surface area contributed by atoms with Crippen LogP contribution in [-0.4, -0.2) is 24.0 Å². The molecule has 0 spiro atoms. The van der Waals surface area contributed by atoms with E-state index in [1.54, 1.807) is 0 Å². The summed E-state index contributed by atoms with van der Waals surface area (Å²) in [5, 5.41) is 0.212. The van der Waals surface area contributed by atoms with Crippen LogP contribution in [0.2, 0.25) is 0 Å². The van der Waals surface area contributed by atoms with E-state index in [0.717, 1.165) is 29.0 Å². The van der Waals surface area contributed by atoms with Crippen LogP contribution in [0.25, 0.3) is 0 Å². The van der Waals surface area contributed by atoms with Crippen molar-refractivity contribution in [3.05, 3.63) is 22.3 Å². The second-order valence-corrected chi connectivity index (χ2v) is 5.33. The molecule has 1 aromatic rings. The van der Waals surface area contributed by atoms with E-state index in [-0.39, 0.29) is 5.38 Å². The smallest absolute Gasteiger partial charge is 0.128 e. The molecule has 0 radical (unpaired) electrons. The molecule has 1 atom stereocenters. The van der Waals surface area contributed by atoms with Crippen LogP contribution in [0.15, 0.2) is 16.6 Å². The van der Waals surface area contributed by atoms with Crippen LogP contribution in [0.3, 0.4) is 0 Å². The van der Waals surface area contributed by atoms with Gasteiger partial charge in [-0.1, -0.05) is 0 Å². The standard InChI is InChI=1S/C11H16BrClN2/c1-8(13)6-7-15(3)11-5-4-10(12)9(2)14-11/h4-5,8H,6-7H2,1-3H3. The van der Waals surface area contributed by atoms with Gasteiger partial charge < -0.3 is 4.90 Å². The highest BCUT2D eigenvalue weighted by Gasteiger charge is 2.05. The second-order valence-electron chi connectivity index (χ2n) is 3.73. The summed E-state index contributed by atoms with van der Waals surface area (Å²) in [6.07, 6.45) is 0.967. The molecule has 0 fully saturated rings. The van der Waals surface area contributed by atoms with E-state index in [2.05, 4.69) is 25.8 Å². The number of alkyl halides is 1. The highest BCUT2D eigenvalue weighted by molar-refractivity contribution is 9.10. The van der Waals surface area contributed by atoms with Gasteiger partial charge in [-0.05, 0) is 48.3 Å². The Morgan fingerprint density at radius 2 is 2.20 bits per heavy atom. The van der Waals surface area contributed by atoms with Crippen molar-refractivity contribution >= 4 is 33.3 Å². The van der Waals surface area contributed by atoms with Crippen molar-refractivity contribution in [3.8, 4) is 0 Å². The lowest BCUT2D eigenvalue weighted by atomic mass is 10.3. The van der Waals surface area contributed by atoms with Gasteiger partial charge in [-0.3, -0.25) is 0 Å². The molecular weight excluding hydrogens is 275 g/mol. The predicted octanol–water partition coefficient (Wildman–Crippen LogP) is 3.61. The third kappa shape index (κ3) is 3.99. The van der Waals surface area contributed by atoms with Crippen LogP contribution in [0.5, 0.6) is 0 Å². The number of hydrogen-bond acceptors (Lipinski definition) is 2. The maximum atomic E-state index is 5.91. The largest absolute Gasteiger partial charge is 0.360 e. The van der Waals surface area contributed by atoms with E-state index in [4.69, 9.17) is 11.6 Å². The lowest BCUT2D eigenvalue weighted by Crippen LogP contribution is -2.21. The highest BCUT2D eigenvalue weighted by atomic mass is 79.9. The first-order chi connectivity index (χ1) is 7.00. The third-order valence-electron chi connectivity index (χ3n) is 2.26. The molecule has 1 aromatic heterocycles. The van der Waals surface area contributed by atoms with Gasteiger partial charge in [0.25, 0.3) is 0 Å². The average Bonchev–Trinajstić information content (AvgIpc) is 2.18. The van der Waals surface area contributed by atoms with Gasteiger partial charge in [-0.2, -0.15) is 0 Å². The molecule has 1 rings (SSSR count). The second kappa shape index (κ2) is 5.71. The average molecular weight is 292 g/mol. The van der Waals surface area contributed by atoms with Gasteiger partial charge in [0, 0.05) is 23.4 Å². The minimum Gasteiger partial charge on any atom is -0.360 e. The molecule has 15 heavy (non-hydrogen) atoms. The van der Waals surface area contributed by atoms with Crippen LogP contribution in [0.4, 0.5) is 5.82 Å². The summed E-state index contributed by atoms with van der Waals surface area (Å²) in [4.78, 5) is 6.61. The zero-order chi connectivity index (χ0) is 11.4. The number of rotatable bonds is 4. The molecule has 84 valence electrons. The lowest BCUT2D eigenvalue weighted by molar-refractivity contribution is 0.764. The summed E-state index contributed by atoms with van der Waals surface area (Å²) in [6.45, 7) is 4.93. The molecule has 0 amide bonds. The quantitative estimate of drug-likeness (QED) is 0.788. The first-order valence-electron chi connectivity index (χ1n) is 4.99. The molecular formula is C11H16BrClN2. The van der Waals surface area contributed by atoms with Gasteiger partial charge in [0.15, 0.2) is 0 Å². The Morgan fingerprint density at radius 1 is 1.53 bits per heavy atom. The van der Waals surface area contributed by atoms with Crippen LogP contribution in [0, 0.1) is 6.92 Å². The fraction of sp³-hybridized carbons (Fsp3) is 0.545. The van der Waals surface area contributed by atoms with Crippen molar-refractivity contribution < 1.29 is 0 Å². The van der Waals surface area contributed by atoms with E-state index in [1.165, 1.54) is 0 Å². The Hall–Kier alpha value is -0.280. The summed E-state index contributed by atoms with van der Waals surface area (Å²) < 4.78 is 1.05. The van der Waals surface area contributed by atoms with Crippen molar-refractivity contribution in [2.24, 2.45) is 0 Å². The number of pyridine rings is 1.